The topological polar surface area (TPSA) is 46.3 Å². The molecule has 0 N–H and O–H groups in total. The highest BCUT2D eigenvalue weighted by Crippen LogP contribution is 2.57. The number of fused-ring (bicyclic) bond motifs is 3. The molecule has 1 aliphatic rings. The Kier molecular flexibility index (Phi) is 5.58. The van der Waals surface area contributed by atoms with Gasteiger partial charge in [-0.15, -0.1) is 10.2 Å². The summed E-state index contributed by atoms with van der Waals surface area (Å²) in [5.41, 5.74) is -1.31. The van der Waals surface area contributed by atoms with Gasteiger partial charge in [0.25, 0.3) is 5.78 Å². The molecule has 0 saturated heterocycles. The van der Waals surface area contributed by atoms with Gasteiger partial charge in [0.15, 0.2) is 0 Å². The van der Waals surface area contributed by atoms with Crippen LogP contribution in [0.5, 0.6) is 0 Å². The molecule has 37 heavy (non-hydrogen) atoms. The maximum atomic E-state index is 14.6. The molecule has 0 aliphatic heterocycles. The molecule has 0 bridgehead atoms. The fraction of sp³-hybridized carbons (Fsp3) is 0.320. The zero-order chi connectivity index (χ0) is 26.8. The van der Waals surface area contributed by atoms with E-state index in [1.165, 1.54) is 0 Å². The molecule has 5 rings (SSSR count). The molecule has 192 valence electrons. The second-order valence-electron chi connectivity index (χ2n) is 9.07. The molecule has 1 aliphatic carbocycles. The highest BCUT2D eigenvalue weighted by Gasteiger charge is 2.62. The summed E-state index contributed by atoms with van der Waals surface area (Å²) in [4.78, 5) is 5.07. The lowest BCUT2D eigenvalue weighted by atomic mass is 10.1. The molecule has 1 saturated carbocycles. The van der Waals surface area contributed by atoms with Gasteiger partial charge in [0, 0.05) is 16.6 Å². The minimum Gasteiger partial charge on any atom is -0.316 e. The van der Waals surface area contributed by atoms with E-state index >= 15 is 0 Å². The van der Waals surface area contributed by atoms with Crippen LogP contribution in [-0.2, 0) is 0 Å². The SMILES string of the molecule is Cc1ccc2c(N(CC(F)(F)F)c3cc(F)cc(C#CC4(C(F)(F)F)CC4)c3)nc3nnc(C)n3c2c1. The Labute approximate surface area is 205 Å². The first-order valence-corrected chi connectivity index (χ1v) is 11.1. The smallest absolute Gasteiger partial charge is 0.316 e. The normalized spacial score (nSPS) is 15.1. The number of benzene rings is 2. The standard InChI is InChI=1S/C25H18F7N5/c1-14-3-4-19-20(9-14)37-15(2)34-35-22(37)33-21(19)36(13-24(27,28)29)18-11-16(10-17(26)12-18)5-6-23(7-8-23)25(30,31)32/h3-4,9-12H,7-8,13H2,1-2H3. The summed E-state index contributed by atoms with van der Waals surface area (Å²) >= 11 is 0. The van der Waals surface area contributed by atoms with E-state index < -0.39 is 30.1 Å². The van der Waals surface area contributed by atoms with Crippen molar-refractivity contribution in [3.63, 3.8) is 0 Å². The Morgan fingerprint density at radius 1 is 1.00 bits per heavy atom. The third kappa shape index (κ3) is 4.65. The van der Waals surface area contributed by atoms with Gasteiger partial charge in [-0.3, -0.25) is 4.40 Å². The Balaban J connectivity index is 1.70. The molecule has 0 atom stereocenters. The van der Waals surface area contributed by atoms with Gasteiger partial charge in [-0.2, -0.15) is 31.3 Å². The van der Waals surface area contributed by atoms with E-state index in [2.05, 4.69) is 27.0 Å². The van der Waals surface area contributed by atoms with Crippen molar-refractivity contribution in [2.24, 2.45) is 5.41 Å². The minimum atomic E-state index is -4.74. The predicted octanol–water partition coefficient (Wildman–Crippen LogP) is 6.43. The summed E-state index contributed by atoms with van der Waals surface area (Å²) in [5.74, 6) is 3.86. The summed E-state index contributed by atoms with van der Waals surface area (Å²) in [5, 5.41) is 8.22. The number of hydrogen-bond donors (Lipinski definition) is 0. The van der Waals surface area contributed by atoms with E-state index in [0.29, 0.717) is 16.7 Å². The van der Waals surface area contributed by atoms with Gasteiger partial charge in [-0.1, -0.05) is 17.9 Å². The monoisotopic (exact) mass is 521 g/mol. The molecule has 12 heteroatoms. The van der Waals surface area contributed by atoms with E-state index in [0.717, 1.165) is 28.7 Å². The van der Waals surface area contributed by atoms with Crippen LogP contribution in [0.2, 0.25) is 0 Å². The van der Waals surface area contributed by atoms with Crippen LogP contribution in [0, 0.1) is 36.9 Å². The van der Waals surface area contributed by atoms with Crippen molar-refractivity contribution in [1.82, 2.24) is 19.6 Å². The van der Waals surface area contributed by atoms with Crippen LogP contribution < -0.4 is 4.90 Å². The lowest BCUT2D eigenvalue weighted by Gasteiger charge is -2.27. The van der Waals surface area contributed by atoms with E-state index in [-0.39, 0.29) is 35.7 Å². The van der Waals surface area contributed by atoms with Crippen molar-refractivity contribution in [2.75, 3.05) is 11.4 Å². The third-order valence-electron chi connectivity index (χ3n) is 6.17. The van der Waals surface area contributed by atoms with Crippen molar-refractivity contribution in [2.45, 2.75) is 39.0 Å². The average molecular weight is 521 g/mol. The fourth-order valence-corrected chi connectivity index (χ4v) is 4.15. The second-order valence-corrected chi connectivity index (χ2v) is 9.07. The largest absolute Gasteiger partial charge is 0.406 e. The maximum absolute atomic E-state index is 14.6. The third-order valence-corrected chi connectivity index (χ3v) is 6.17. The molecular weight excluding hydrogens is 503 g/mol. The number of aromatic nitrogens is 4. The van der Waals surface area contributed by atoms with Gasteiger partial charge in [0.1, 0.15) is 29.4 Å². The highest BCUT2D eigenvalue weighted by atomic mass is 19.4. The Bertz CT molecular complexity index is 1590. The Hall–Kier alpha value is -3.88. The number of halogens is 7. The number of anilines is 2. The molecule has 0 radical (unpaired) electrons. The zero-order valence-corrected chi connectivity index (χ0v) is 19.5. The van der Waals surface area contributed by atoms with Crippen LogP contribution >= 0.6 is 0 Å². The first-order valence-electron chi connectivity index (χ1n) is 11.1. The van der Waals surface area contributed by atoms with Crippen molar-refractivity contribution >= 4 is 28.2 Å². The van der Waals surface area contributed by atoms with Crippen LogP contribution in [0.15, 0.2) is 36.4 Å². The van der Waals surface area contributed by atoms with Crippen molar-refractivity contribution in [3.05, 3.63) is 59.2 Å². The Morgan fingerprint density at radius 3 is 2.38 bits per heavy atom. The van der Waals surface area contributed by atoms with E-state index in [1.807, 2.05) is 6.92 Å². The molecule has 5 nitrogen and oxygen atoms in total. The zero-order valence-electron chi connectivity index (χ0n) is 19.5. The number of alkyl halides is 6. The summed E-state index contributed by atoms with van der Waals surface area (Å²) in [7, 11) is 0. The van der Waals surface area contributed by atoms with Crippen LogP contribution in [0.1, 0.15) is 29.8 Å². The quantitative estimate of drug-likeness (QED) is 0.230. The average Bonchev–Trinajstić information content (AvgIpc) is 3.51. The van der Waals surface area contributed by atoms with Gasteiger partial charge in [0.05, 0.1) is 5.52 Å². The number of hydrogen-bond acceptors (Lipinski definition) is 4. The van der Waals surface area contributed by atoms with Crippen molar-refractivity contribution < 1.29 is 30.7 Å². The molecule has 0 unspecified atom stereocenters. The number of rotatable bonds is 3. The van der Waals surface area contributed by atoms with E-state index in [4.69, 9.17) is 0 Å². The second kappa shape index (κ2) is 8.33. The molecule has 2 aromatic heterocycles. The summed E-state index contributed by atoms with van der Waals surface area (Å²) in [6.07, 6.45) is -9.65. The lowest BCUT2D eigenvalue weighted by molar-refractivity contribution is -0.168. The van der Waals surface area contributed by atoms with Crippen molar-refractivity contribution in [1.29, 1.82) is 0 Å². The first-order chi connectivity index (χ1) is 17.3. The molecule has 0 amide bonds. The van der Waals surface area contributed by atoms with Gasteiger partial charge in [-0.25, -0.2) is 4.39 Å². The van der Waals surface area contributed by atoms with Crippen LogP contribution in [0.4, 0.5) is 42.2 Å². The molecule has 2 aromatic carbocycles. The summed E-state index contributed by atoms with van der Waals surface area (Å²) in [6, 6.07) is 7.89. The summed E-state index contributed by atoms with van der Waals surface area (Å²) < 4.78 is 97.2. The maximum Gasteiger partial charge on any atom is 0.406 e. The Morgan fingerprint density at radius 2 is 1.73 bits per heavy atom. The van der Waals surface area contributed by atoms with E-state index in [9.17, 15) is 30.7 Å². The highest BCUT2D eigenvalue weighted by molar-refractivity contribution is 5.94. The van der Waals surface area contributed by atoms with Gasteiger partial charge >= 0.3 is 12.4 Å². The van der Waals surface area contributed by atoms with Gasteiger partial charge in [-0.05, 0) is 62.6 Å². The minimum absolute atomic E-state index is 0.0371. The molecule has 0 spiro atoms. The van der Waals surface area contributed by atoms with Crippen LogP contribution in [0.25, 0.3) is 16.7 Å². The predicted molar refractivity (Wildman–Crippen MR) is 122 cm³/mol. The van der Waals surface area contributed by atoms with Gasteiger partial charge in [0.2, 0.25) is 0 Å². The molecule has 4 aromatic rings. The molecule has 1 fully saturated rings. The number of aryl methyl sites for hydroxylation is 2. The van der Waals surface area contributed by atoms with E-state index in [1.54, 1.807) is 29.5 Å². The fourth-order valence-electron chi connectivity index (χ4n) is 4.15. The lowest BCUT2D eigenvalue weighted by Crippen LogP contribution is -2.31. The summed E-state index contributed by atoms with van der Waals surface area (Å²) in [6.45, 7) is 1.93. The van der Waals surface area contributed by atoms with Crippen LogP contribution in [-0.4, -0.2) is 38.5 Å². The first kappa shape index (κ1) is 24.8. The number of nitrogens with zero attached hydrogens (tertiary/aromatic N) is 5. The molecular formula is C25H18F7N5. The molecule has 2 heterocycles. The van der Waals surface area contributed by atoms with Crippen molar-refractivity contribution in [3.8, 4) is 11.8 Å². The van der Waals surface area contributed by atoms with Crippen LogP contribution in [0.3, 0.4) is 0 Å². The van der Waals surface area contributed by atoms with Gasteiger partial charge < -0.3 is 4.90 Å².